The third-order valence-corrected chi connectivity index (χ3v) is 4.74. The van der Waals surface area contributed by atoms with Crippen LogP contribution in [0, 0.1) is 3.57 Å². The molecule has 4 nitrogen and oxygen atoms in total. The Balaban J connectivity index is 1.97. The number of hydrogen-bond donors (Lipinski definition) is 1. The van der Waals surface area contributed by atoms with E-state index < -0.39 is 12.0 Å². The number of hydrogen-bond acceptors (Lipinski definition) is 3. The van der Waals surface area contributed by atoms with Crippen molar-refractivity contribution in [3.63, 3.8) is 0 Å². The highest BCUT2D eigenvalue weighted by Gasteiger charge is 2.22. The Morgan fingerprint density at radius 3 is 2.42 bits per heavy atom. The number of carbonyl (C=O) groups excluding carboxylic acids is 2. The van der Waals surface area contributed by atoms with Gasteiger partial charge in [0.1, 0.15) is 6.04 Å². The first-order valence-electron chi connectivity index (χ1n) is 7.74. The fraction of sp³-hybridized carbons (Fsp3) is 0.263. The van der Waals surface area contributed by atoms with E-state index in [0.717, 1.165) is 14.7 Å². The Kier molecular flexibility index (Phi) is 7.24. The SMILES string of the molecule is COC(=O)[C@@H](Cc1ccccc1I)NC(=O)CCc1ccccc1. The summed E-state index contributed by atoms with van der Waals surface area (Å²) in [5.41, 5.74) is 2.11. The zero-order valence-electron chi connectivity index (χ0n) is 13.5. The van der Waals surface area contributed by atoms with Crippen LogP contribution in [0.25, 0.3) is 0 Å². The summed E-state index contributed by atoms with van der Waals surface area (Å²) in [7, 11) is 1.33. The van der Waals surface area contributed by atoms with Gasteiger partial charge in [0, 0.05) is 16.4 Å². The molecule has 1 amide bonds. The first kappa shape index (κ1) is 18.4. The summed E-state index contributed by atoms with van der Waals surface area (Å²) in [5.74, 6) is -0.581. The van der Waals surface area contributed by atoms with Gasteiger partial charge in [0.2, 0.25) is 5.91 Å². The van der Waals surface area contributed by atoms with Crippen LogP contribution in [0.2, 0.25) is 0 Å². The van der Waals surface area contributed by atoms with E-state index in [1.807, 2.05) is 54.6 Å². The average Bonchev–Trinajstić information content (AvgIpc) is 2.61. The average molecular weight is 437 g/mol. The molecule has 0 spiro atoms. The molecule has 0 radical (unpaired) electrons. The van der Waals surface area contributed by atoms with Gasteiger partial charge in [-0.2, -0.15) is 0 Å². The molecule has 0 aromatic heterocycles. The molecule has 2 aromatic carbocycles. The number of nitrogens with one attached hydrogen (secondary N) is 1. The Morgan fingerprint density at radius 2 is 1.75 bits per heavy atom. The maximum absolute atomic E-state index is 12.2. The van der Waals surface area contributed by atoms with Crippen molar-refractivity contribution in [2.75, 3.05) is 7.11 Å². The summed E-state index contributed by atoms with van der Waals surface area (Å²) in [6.45, 7) is 0. The highest BCUT2D eigenvalue weighted by molar-refractivity contribution is 14.1. The second kappa shape index (κ2) is 9.42. The van der Waals surface area contributed by atoms with E-state index in [4.69, 9.17) is 4.74 Å². The second-order valence-corrected chi connectivity index (χ2v) is 6.59. The van der Waals surface area contributed by atoms with Crippen molar-refractivity contribution in [3.8, 4) is 0 Å². The summed E-state index contributed by atoms with van der Waals surface area (Å²) in [6.07, 6.45) is 1.40. The van der Waals surface area contributed by atoms with Crippen molar-refractivity contribution in [1.29, 1.82) is 0 Å². The van der Waals surface area contributed by atoms with Crippen molar-refractivity contribution in [3.05, 3.63) is 69.3 Å². The molecule has 0 saturated heterocycles. The zero-order valence-corrected chi connectivity index (χ0v) is 15.7. The molecule has 0 heterocycles. The van der Waals surface area contributed by atoms with Crippen LogP contribution in [0.3, 0.4) is 0 Å². The van der Waals surface area contributed by atoms with Gasteiger partial charge >= 0.3 is 5.97 Å². The van der Waals surface area contributed by atoms with E-state index in [-0.39, 0.29) is 5.91 Å². The molecule has 1 atom stereocenters. The molecular weight excluding hydrogens is 417 g/mol. The van der Waals surface area contributed by atoms with Gasteiger partial charge in [-0.25, -0.2) is 4.79 Å². The van der Waals surface area contributed by atoms with Crippen LogP contribution >= 0.6 is 22.6 Å². The van der Waals surface area contributed by atoms with E-state index in [0.29, 0.717) is 19.3 Å². The van der Waals surface area contributed by atoms with Gasteiger partial charge in [-0.05, 0) is 46.2 Å². The van der Waals surface area contributed by atoms with Crippen molar-refractivity contribution in [2.45, 2.75) is 25.3 Å². The van der Waals surface area contributed by atoms with E-state index in [1.54, 1.807) is 0 Å². The number of esters is 1. The van der Waals surface area contributed by atoms with Crippen LogP contribution in [-0.2, 0) is 27.2 Å². The van der Waals surface area contributed by atoms with Crippen LogP contribution in [0.4, 0.5) is 0 Å². The minimum Gasteiger partial charge on any atom is -0.467 e. The molecule has 2 rings (SSSR count). The fourth-order valence-corrected chi connectivity index (χ4v) is 3.00. The normalized spacial score (nSPS) is 11.6. The third kappa shape index (κ3) is 5.63. The molecule has 0 aliphatic heterocycles. The summed E-state index contributed by atoms with van der Waals surface area (Å²) in [4.78, 5) is 24.2. The van der Waals surface area contributed by atoms with Gasteiger partial charge in [0.25, 0.3) is 0 Å². The topological polar surface area (TPSA) is 55.4 Å². The van der Waals surface area contributed by atoms with Gasteiger partial charge in [0.15, 0.2) is 0 Å². The van der Waals surface area contributed by atoms with Crippen LogP contribution < -0.4 is 5.32 Å². The number of halogens is 1. The number of amides is 1. The summed E-state index contributed by atoms with van der Waals surface area (Å²) in [5, 5.41) is 2.80. The second-order valence-electron chi connectivity index (χ2n) is 5.42. The third-order valence-electron chi connectivity index (χ3n) is 3.69. The molecule has 24 heavy (non-hydrogen) atoms. The molecule has 0 saturated carbocycles. The predicted molar refractivity (Wildman–Crippen MR) is 102 cm³/mol. The Bertz CT molecular complexity index is 688. The van der Waals surface area contributed by atoms with Crippen LogP contribution in [0.15, 0.2) is 54.6 Å². The fourth-order valence-electron chi connectivity index (χ4n) is 2.39. The molecular formula is C19H20INO3. The minimum absolute atomic E-state index is 0.153. The smallest absolute Gasteiger partial charge is 0.328 e. The molecule has 0 fully saturated rings. The summed E-state index contributed by atoms with van der Waals surface area (Å²) < 4.78 is 5.89. The highest BCUT2D eigenvalue weighted by Crippen LogP contribution is 2.14. The van der Waals surface area contributed by atoms with Gasteiger partial charge in [0.05, 0.1) is 7.11 Å². The monoisotopic (exact) mass is 437 g/mol. The van der Waals surface area contributed by atoms with Gasteiger partial charge in [-0.3, -0.25) is 4.79 Å². The Hall–Kier alpha value is -1.89. The highest BCUT2D eigenvalue weighted by atomic mass is 127. The molecule has 0 bridgehead atoms. The molecule has 0 aliphatic rings. The largest absolute Gasteiger partial charge is 0.467 e. The lowest BCUT2D eigenvalue weighted by molar-refractivity contribution is -0.145. The standard InChI is InChI=1S/C19H20INO3/c1-24-19(23)17(13-15-9-5-6-10-16(15)20)21-18(22)12-11-14-7-3-2-4-8-14/h2-10,17H,11-13H2,1H3,(H,21,22)/t17-/m1/s1. The van der Waals surface area contributed by atoms with E-state index in [9.17, 15) is 9.59 Å². The van der Waals surface area contributed by atoms with E-state index in [2.05, 4.69) is 27.9 Å². The lowest BCUT2D eigenvalue weighted by atomic mass is 10.1. The predicted octanol–water partition coefficient (Wildman–Crippen LogP) is 3.12. The first-order valence-corrected chi connectivity index (χ1v) is 8.82. The number of rotatable bonds is 7. The molecule has 2 aromatic rings. The zero-order chi connectivity index (χ0) is 17.4. The maximum Gasteiger partial charge on any atom is 0.328 e. The number of methoxy groups -OCH3 is 1. The number of ether oxygens (including phenoxy) is 1. The minimum atomic E-state index is -0.672. The lowest BCUT2D eigenvalue weighted by Gasteiger charge is -2.17. The summed E-state index contributed by atoms with van der Waals surface area (Å²) >= 11 is 2.22. The molecule has 1 N–H and O–H groups in total. The molecule has 0 aliphatic carbocycles. The van der Waals surface area contributed by atoms with Crippen molar-refractivity contribution in [1.82, 2.24) is 5.32 Å². The maximum atomic E-state index is 12.2. The van der Waals surface area contributed by atoms with Gasteiger partial charge in [-0.1, -0.05) is 48.5 Å². The number of aryl methyl sites for hydroxylation is 1. The van der Waals surface area contributed by atoms with Crippen LogP contribution in [0.5, 0.6) is 0 Å². The Labute approximate surface area is 155 Å². The van der Waals surface area contributed by atoms with Crippen LogP contribution in [0.1, 0.15) is 17.5 Å². The molecule has 5 heteroatoms. The van der Waals surface area contributed by atoms with Crippen molar-refractivity contribution < 1.29 is 14.3 Å². The van der Waals surface area contributed by atoms with Crippen molar-refractivity contribution in [2.24, 2.45) is 0 Å². The molecule has 0 unspecified atom stereocenters. The van der Waals surface area contributed by atoms with Crippen LogP contribution in [-0.4, -0.2) is 25.0 Å². The van der Waals surface area contributed by atoms with Crippen molar-refractivity contribution >= 4 is 34.5 Å². The molecule has 126 valence electrons. The van der Waals surface area contributed by atoms with Gasteiger partial charge < -0.3 is 10.1 Å². The number of carbonyl (C=O) groups is 2. The first-order chi connectivity index (χ1) is 11.6. The van der Waals surface area contributed by atoms with E-state index in [1.165, 1.54) is 7.11 Å². The van der Waals surface area contributed by atoms with Gasteiger partial charge in [-0.15, -0.1) is 0 Å². The quantitative estimate of drug-likeness (QED) is 0.535. The number of benzene rings is 2. The Morgan fingerprint density at radius 1 is 1.08 bits per heavy atom. The summed E-state index contributed by atoms with van der Waals surface area (Å²) in [6, 6.07) is 16.9. The van der Waals surface area contributed by atoms with E-state index >= 15 is 0 Å². The lowest BCUT2D eigenvalue weighted by Crippen LogP contribution is -2.43.